The van der Waals surface area contributed by atoms with Gasteiger partial charge in [0.05, 0.1) is 0 Å². The van der Waals surface area contributed by atoms with Gasteiger partial charge in [0.15, 0.2) is 0 Å². The summed E-state index contributed by atoms with van der Waals surface area (Å²) in [6.45, 7) is 3.83. The van der Waals surface area contributed by atoms with Crippen LogP contribution in [0.15, 0.2) is 53.9 Å². The highest BCUT2D eigenvalue weighted by molar-refractivity contribution is 7.10. The molecule has 2 aromatic carbocycles. The molecule has 2 heterocycles. The summed E-state index contributed by atoms with van der Waals surface area (Å²) in [7, 11) is 0. The van der Waals surface area contributed by atoms with Crippen LogP contribution < -0.4 is 4.90 Å². The average molecular weight is 465 g/mol. The number of benzene rings is 2. The Kier molecular flexibility index (Phi) is 6.63. The highest BCUT2D eigenvalue weighted by Crippen LogP contribution is 2.26. The first-order valence-electron chi connectivity index (χ1n) is 11.6. The second-order valence-electron chi connectivity index (χ2n) is 8.87. The summed E-state index contributed by atoms with van der Waals surface area (Å²) in [5, 5.41) is 2.89. The summed E-state index contributed by atoms with van der Waals surface area (Å²) in [5.74, 6) is 0.0832. The first-order chi connectivity index (χ1) is 15.7. The van der Waals surface area contributed by atoms with Gasteiger partial charge < -0.3 is 4.90 Å². The van der Waals surface area contributed by atoms with Crippen molar-refractivity contribution in [1.29, 1.82) is 0 Å². The van der Waals surface area contributed by atoms with Crippen LogP contribution in [0, 0.1) is 0 Å². The molecular weight excluding hydrogens is 436 g/mol. The van der Waals surface area contributed by atoms with E-state index in [1.807, 2.05) is 46.6 Å². The minimum atomic E-state index is 0.0832. The lowest BCUT2D eigenvalue weighted by Crippen LogP contribution is -2.36. The van der Waals surface area contributed by atoms with Crippen LogP contribution in [0.3, 0.4) is 0 Å². The first kappa shape index (κ1) is 21.7. The standard InChI is InChI=1S/C27H29ClN2OS/c28-24-8-10-25(11-9-24)30(15-3-14-29-16-12-21-13-17-32-26(21)19-29)27(31)23-7-6-20-4-1-2-5-22(20)18-23/h6-11,13,17-18H,1-5,12,14-16,19H2. The molecule has 0 saturated carbocycles. The molecule has 32 heavy (non-hydrogen) atoms. The molecule has 1 aliphatic heterocycles. The molecule has 166 valence electrons. The van der Waals surface area contributed by atoms with Gasteiger partial charge in [-0.2, -0.15) is 0 Å². The average Bonchev–Trinajstić information content (AvgIpc) is 3.30. The molecule has 0 unspecified atom stereocenters. The van der Waals surface area contributed by atoms with Gasteiger partial charge in [0.2, 0.25) is 0 Å². The lowest BCUT2D eigenvalue weighted by molar-refractivity contribution is 0.0985. The predicted molar refractivity (Wildman–Crippen MR) is 134 cm³/mol. The van der Waals surface area contributed by atoms with Crippen LogP contribution in [-0.2, 0) is 25.8 Å². The summed E-state index contributed by atoms with van der Waals surface area (Å²) in [6, 6.07) is 16.2. The maximum Gasteiger partial charge on any atom is 0.258 e. The van der Waals surface area contributed by atoms with E-state index in [2.05, 4.69) is 28.5 Å². The van der Waals surface area contributed by atoms with E-state index in [4.69, 9.17) is 11.6 Å². The second-order valence-corrected chi connectivity index (χ2v) is 10.3. The molecule has 0 radical (unpaired) electrons. The number of carbonyl (C=O) groups is 1. The van der Waals surface area contributed by atoms with Crippen LogP contribution in [0.4, 0.5) is 5.69 Å². The Hall–Kier alpha value is -2.14. The van der Waals surface area contributed by atoms with Gasteiger partial charge in [0, 0.05) is 47.3 Å². The normalized spacial score (nSPS) is 15.8. The third-order valence-corrected chi connectivity index (χ3v) is 7.94. The monoisotopic (exact) mass is 464 g/mol. The number of amides is 1. The Morgan fingerprint density at radius 1 is 0.969 bits per heavy atom. The largest absolute Gasteiger partial charge is 0.308 e. The number of carbonyl (C=O) groups excluding carboxylic acids is 1. The van der Waals surface area contributed by atoms with Crippen molar-refractivity contribution in [3.05, 3.63) is 86.1 Å². The van der Waals surface area contributed by atoms with E-state index in [-0.39, 0.29) is 5.91 Å². The van der Waals surface area contributed by atoms with Gasteiger partial charge in [0.25, 0.3) is 5.91 Å². The summed E-state index contributed by atoms with van der Waals surface area (Å²) in [5.41, 5.74) is 5.97. The summed E-state index contributed by atoms with van der Waals surface area (Å²) in [4.78, 5) is 19.6. The predicted octanol–water partition coefficient (Wildman–Crippen LogP) is 6.38. The molecule has 0 fully saturated rings. The molecule has 1 aromatic heterocycles. The van der Waals surface area contributed by atoms with E-state index in [1.54, 1.807) is 0 Å². The number of hydrogen-bond donors (Lipinski definition) is 0. The third-order valence-electron chi connectivity index (χ3n) is 6.74. The summed E-state index contributed by atoms with van der Waals surface area (Å²) < 4.78 is 0. The highest BCUT2D eigenvalue weighted by Gasteiger charge is 2.21. The minimum absolute atomic E-state index is 0.0832. The lowest BCUT2D eigenvalue weighted by Gasteiger charge is -2.29. The van der Waals surface area contributed by atoms with E-state index in [9.17, 15) is 4.79 Å². The molecular formula is C27H29ClN2OS. The maximum atomic E-state index is 13.6. The Bertz CT molecular complexity index is 1090. The molecule has 5 heteroatoms. The quantitative estimate of drug-likeness (QED) is 0.422. The molecule has 1 aliphatic carbocycles. The molecule has 5 rings (SSSR count). The van der Waals surface area contributed by atoms with Crippen LogP contribution in [-0.4, -0.2) is 30.4 Å². The number of aryl methyl sites for hydroxylation is 2. The van der Waals surface area contributed by atoms with Crippen molar-refractivity contribution in [1.82, 2.24) is 4.90 Å². The number of thiophene rings is 1. The summed E-state index contributed by atoms with van der Waals surface area (Å²) >= 11 is 7.98. The zero-order valence-corrected chi connectivity index (χ0v) is 19.9. The molecule has 0 spiro atoms. The van der Waals surface area contributed by atoms with Crippen LogP contribution in [0.5, 0.6) is 0 Å². The fourth-order valence-electron chi connectivity index (χ4n) is 4.92. The Morgan fingerprint density at radius 3 is 2.62 bits per heavy atom. The van der Waals surface area contributed by atoms with Crippen molar-refractivity contribution >= 4 is 34.5 Å². The van der Waals surface area contributed by atoms with Crippen molar-refractivity contribution < 1.29 is 4.79 Å². The fourth-order valence-corrected chi connectivity index (χ4v) is 6.02. The van der Waals surface area contributed by atoms with Gasteiger partial charge in [-0.1, -0.05) is 17.7 Å². The molecule has 0 N–H and O–H groups in total. The van der Waals surface area contributed by atoms with Crippen molar-refractivity contribution in [2.45, 2.75) is 45.1 Å². The van der Waals surface area contributed by atoms with E-state index in [1.165, 1.54) is 34.4 Å². The Morgan fingerprint density at radius 2 is 1.78 bits per heavy atom. The number of nitrogens with zero attached hydrogens (tertiary/aromatic N) is 2. The van der Waals surface area contributed by atoms with Crippen LogP contribution in [0.2, 0.25) is 5.02 Å². The third kappa shape index (κ3) is 4.78. The molecule has 2 aliphatic rings. The van der Waals surface area contributed by atoms with Crippen LogP contribution >= 0.6 is 22.9 Å². The smallest absolute Gasteiger partial charge is 0.258 e. The van der Waals surface area contributed by atoms with Crippen molar-refractivity contribution in [3.8, 4) is 0 Å². The molecule has 0 saturated heterocycles. The van der Waals surface area contributed by atoms with Crippen molar-refractivity contribution in [2.24, 2.45) is 0 Å². The number of fused-ring (bicyclic) bond motifs is 2. The van der Waals surface area contributed by atoms with Gasteiger partial charge >= 0.3 is 0 Å². The molecule has 3 nitrogen and oxygen atoms in total. The van der Waals surface area contributed by atoms with E-state index in [0.717, 1.165) is 56.6 Å². The second kappa shape index (κ2) is 9.78. The van der Waals surface area contributed by atoms with E-state index in [0.29, 0.717) is 11.6 Å². The molecule has 0 bridgehead atoms. The molecule has 0 atom stereocenters. The number of anilines is 1. The molecule has 3 aromatic rings. The highest BCUT2D eigenvalue weighted by atomic mass is 35.5. The number of halogens is 1. The van der Waals surface area contributed by atoms with Crippen LogP contribution in [0.1, 0.15) is 51.2 Å². The summed E-state index contributed by atoms with van der Waals surface area (Å²) in [6.07, 6.45) is 6.76. The Labute approximate surface area is 199 Å². The minimum Gasteiger partial charge on any atom is -0.308 e. The van der Waals surface area contributed by atoms with E-state index < -0.39 is 0 Å². The number of rotatable bonds is 6. The van der Waals surface area contributed by atoms with Gasteiger partial charge in [-0.15, -0.1) is 11.3 Å². The number of hydrogen-bond acceptors (Lipinski definition) is 3. The van der Waals surface area contributed by atoms with Gasteiger partial charge in [-0.05, 0) is 103 Å². The molecule has 1 amide bonds. The van der Waals surface area contributed by atoms with Crippen molar-refractivity contribution in [3.63, 3.8) is 0 Å². The van der Waals surface area contributed by atoms with E-state index >= 15 is 0 Å². The zero-order chi connectivity index (χ0) is 21.9. The topological polar surface area (TPSA) is 23.6 Å². The van der Waals surface area contributed by atoms with Crippen LogP contribution in [0.25, 0.3) is 0 Å². The van der Waals surface area contributed by atoms with Crippen molar-refractivity contribution in [2.75, 3.05) is 24.5 Å². The zero-order valence-electron chi connectivity index (χ0n) is 18.4. The Balaban J connectivity index is 1.30. The fraction of sp³-hybridized carbons (Fsp3) is 0.370. The van der Waals surface area contributed by atoms with Gasteiger partial charge in [-0.25, -0.2) is 0 Å². The van der Waals surface area contributed by atoms with Gasteiger partial charge in [-0.3, -0.25) is 9.69 Å². The maximum absolute atomic E-state index is 13.6. The first-order valence-corrected chi connectivity index (χ1v) is 12.9. The SMILES string of the molecule is O=C(c1ccc2c(c1)CCCC2)N(CCCN1CCc2ccsc2C1)c1ccc(Cl)cc1. The lowest BCUT2D eigenvalue weighted by atomic mass is 9.90. The van der Waals surface area contributed by atoms with Gasteiger partial charge in [0.1, 0.15) is 0 Å².